The fourth-order valence-corrected chi connectivity index (χ4v) is 2.96. The molecule has 0 spiro atoms. The van der Waals surface area contributed by atoms with Crippen molar-refractivity contribution in [3.05, 3.63) is 59.4 Å². The lowest BCUT2D eigenvalue weighted by Gasteiger charge is -2.17. The largest absolute Gasteiger partial charge is 0.391 e. The molecule has 152 valence electrons. The Kier molecular flexibility index (Phi) is 9.34. The number of aryl methyl sites for hydroxylation is 1. The van der Waals surface area contributed by atoms with Crippen molar-refractivity contribution in [2.75, 3.05) is 25.0 Å². The molecule has 2 aromatic rings. The molecule has 1 aliphatic heterocycles. The molecule has 3 rings (SSSR count). The van der Waals surface area contributed by atoms with E-state index in [1.54, 1.807) is 36.7 Å². The first-order chi connectivity index (χ1) is 12.6. The summed E-state index contributed by atoms with van der Waals surface area (Å²) in [6, 6.07) is 8.51. The Labute approximate surface area is 176 Å². The lowest BCUT2D eigenvalue weighted by atomic mass is 10.0. The number of anilines is 1. The summed E-state index contributed by atoms with van der Waals surface area (Å²) < 4.78 is 0. The highest BCUT2D eigenvalue weighted by Crippen LogP contribution is 2.21. The van der Waals surface area contributed by atoms with Crippen molar-refractivity contribution >= 4 is 42.3 Å². The average molecular weight is 427 g/mol. The number of aliphatic hydroxyl groups is 1. The molecule has 4 N–H and O–H groups in total. The number of carbonyl (C=O) groups excluding carboxylic acids is 2. The first-order valence-corrected chi connectivity index (χ1v) is 8.54. The molecule has 2 heterocycles. The van der Waals surface area contributed by atoms with Crippen LogP contribution in [0.2, 0.25) is 0 Å². The normalized spacial score (nSPS) is 17.8. The summed E-state index contributed by atoms with van der Waals surface area (Å²) in [5, 5.41) is 18.6. The second-order valence-corrected chi connectivity index (χ2v) is 6.38. The van der Waals surface area contributed by atoms with Gasteiger partial charge in [-0.3, -0.25) is 14.6 Å². The number of rotatable bonds is 5. The number of para-hydroxylation sites is 1. The van der Waals surface area contributed by atoms with Gasteiger partial charge in [0, 0.05) is 43.5 Å². The minimum absolute atomic E-state index is 0. The monoisotopic (exact) mass is 426 g/mol. The number of pyridine rings is 1. The zero-order chi connectivity index (χ0) is 18.5. The maximum absolute atomic E-state index is 12.6. The van der Waals surface area contributed by atoms with Gasteiger partial charge in [0.1, 0.15) is 0 Å². The summed E-state index contributed by atoms with van der Waals surface area (Å²) in [5.41, 5.74) is 2.14. The second-order valence-electron chi connectivity index (χ2n) is 6.38. The van der Waals surface area contributed by atoms with Gasteiger partial charge in [-0.25, -0.2) is 0 Å². The van der Waals surface area contributed by atoms with Crippen LogP contribution in [-0.4, -0.2) is 47.6 Å². The molecule has 1 fully saturated rings. The molecule has 2 amide bonds. The number of halogens is 2. The Hall–Kier alpha value is -2.19. The molecule has 0 saturated carbocycles. The van der Waals surface area contributed by atoms with Crippen molar-refractivity contribution in [1.29, 1.82) is 0 Å². The van der Waals surface area contributed by atoms with Gasteiger partial charge in [-0.05, 0) is 30.7 Å². The summed E-state index contributed by atoms with van der Waals surface area (Å²) >= 11 is 0. The predicted octanol–water partition coefficient (Wildman–Crippen LogP) is 1.80. The van der Waals surface area contributed by atoms with E-state index in [-0.39, 0.29) is 42.5 Å². The Bertz CT molecular complexity index is 805. The van der Waals surface area contributed by atoms with E-state index in [4.69, 9.17) is 0 Å². The molecule has 1 saturated heterocycles. The van der Waals surface area contributed by atoms with Crippen molar-refractivity contribution in [2.24, 2.45) is 5.92 Å². The molecule has 7 nitrogen and oxygen atoms in total. The Morgan fingerprint density at radius 3 is 2.50 bits per heavy atom. The standard InChI is InChI=1S/C19H22N4O3.2ClH/c1-12-3-2-4-15(19(26)22-10-14-9-21-11-16(14)24)17(12)23-18(25)13-5-7-20-8-6-13;;/h2-8,14,16,21,24H,9-11H2,1H3,(H,22,26)(H,23,25);2*1H. The topological polar surface area (TPSA) is 103 Å². The minimum Gasteiger partial charge on any atom is -0.391 e. The second kappa shape index (κ2) is 11.0. The van der Waals surface area contributed by atoms with Crippen LogP contribution in [0.5, 0.6) is 0 Å². The maximum atomic E-state index is 12.6. The molecule has 0 aliphatic carbocycles. The lowest BCUT2D eigenvalue weighted by Crippen LogP contribution is -2.34. The van der Waals surface area contributed by atoms with Crippen LogP contribution < -0.4 is 16.0 Å². The van der Waals surface area contributed by atoms with Gasteiger partial charge in [0.25, 0.3) is 11.8 Å². The first kappa shape index (κ1) is 23.8. The summed E-state index contributed by atoms with van der Waals surface area (Å²) in [4.78, 5) is 29.0. The van der Waals surface area contributed by atoms with Gasteiger partial charge in [-0.2, -0.15) is 0 Å². The van der Waals surface area contributed by atoms with E-state index in [0.717, 1.165) is 5.56 Å². The zero-order valence-corrected chi connectivity index (χ0v) is 17.0. The van der Waals surface area contributed by atoms with Gasteiger partial charge in [0.15, 0.2) is 0 Å². The summed E-state index contributed by atoms with van der Waals surface area (Å²) in [6.07, 6.45) is 2.63. The van der Waals surface area contributed by atoms with Gasteiger partial charge < -0.3 is 21.1 Å². The molecule has 1 aliphatic rings. The van der Waals surface area contributed by atoms with Crippen LogP contribution in [-0.2, 0) is 0 Å². The van der Waals surface area contributed by atoms with Gasteiger partial charge in [0.2, 0.25) is 0 Å². The maximum Gasteiger partial charge on any atom is 0.255 e. The van der Waals surface area contributed by atoms with Crippen molar-refractivity contribution < 1.29 is 14.7 Å². The number of hydrogen-bond acceptors (Lipinski definition) is 5. The van der Waals surface area contributed by atoms with Crippen molar-refractivity contribution in [1.82, 2.24) is 15.6 Å². The Morgan fingerprint density at radius 2 is 1.86 bits per heavy atom. The summed E-state index contributed by atoms with van der Waals surface area (Å²) in [5.74, 6) is -0.595. The molecule has 0 radical (unpaired) electrons. The van der Waals surface area contributed by atoms with Crippen molar-refractivity contribution in [3.8, 4) is 0 Å². The number of nitrogens with one attached hydrogen (secondary N) is 3. The number of hydrogen-bond donors (Lipinski definition) is 4. The highest BCUT2D eigenvalue weighted by molar-refractivity contribution is 6.09. The molecule has 28 heavy (non-hydrogen) atoms. The molecule has 1 aromatic heterocycles. The molecule has 2 unspecified atom stereocenters. The van der Waals surface area contributed by atoms with E-state index in [2.05, 4.69) is 20.9 Å². The van der Waals surface area contributed by atoms with Crippen LogP contribution in [0, 0.1) is 12.8 Å². The third kappa shape index (κ3) is 5.65. The molecular weight excluding hydrogens is 403 g/mol. The quantitative estimate of drug-likeness (QED) is 0.583. The van der Waals surface area contributed by atoms with Gasteiger partial charge in [-0.15, -0.1) is 24.8 Å². The number of β-amino-alcohol motifs (C(OH)–C–C–N with tert-alkyl or cyclic N) is 1. The number of aromatic nitrogens is 1. The van der Waals surface area contributed by atoms with Gasteiger partial charge >= 0.3 is 0 Å². The molecule has 9 heteroatoms. The molecule has 1 aromatic carbocycles. The van der Waals surface area contributed by atoms with Crippen LogP contribution in [0.25, 0.3) is 0 Å². The third-order valence-corrected chi connectivity index (χ3v) is 4.53. The summed E-state index contributed by atoms with van der Waals surface area (Å²) in [6.45, 7) is 3.42. The van der Waals surface area contributed by atoms with Crippen LogP contribution >= 0.6 is 24.8 Å². The number of carbonyl (C=O) groups is 2. The molecule has 0 bridgehead atoms. The minimum atomic E-state index is -0.460. The van der Waals surface area contributed by atoms with Gasteiger partial charge in [0.05, 0.1) is 17.4 Å². The highest BCUT2D eigenvalue weighted by atomic mass is 35.5. The highest BCUT2D eigenvalue weighted by Gasteiger charge is 2.25. The lowest BCUT2D eigenvalue weighted by molar-refractivity contribution is 0.0928. The molecular formula is C19H24Cl2N4O3. The summed E-state index contributed by atoms with van der Waals surface area (Å²) in [7, 11) is 0. The zero-order valence-electron chi connectivity index (χ0n) is 15.3. The predicted molar refractivity (Wildman–Crippen MR) is 113 cm³/mol. The Morgan fingerprint density at radius 1 is 1.14 bits per heavy atom. The van der Waals surface area contributed by atoms with Crippen LogP contribution in [0.3, 0.4) is 0 Å². The van der Waals surface area contributed by atoms with E-state index in [1.807, 2.05) is 13.0 Å². The SMILES string of the molecule is Cc1cccc(C(=O)NCC2CNCC2O)c1NC(=O)c1ccncc1.Cl.Cl. The number of amides is 2. The van der Waals surface area contributed by atoms with Crippen molar-refractivity contribution in [2.45, 2.75) is 13.0 Å². The van der Waals surface area contributed by atoms with Gasteiger partial charge in [-0.1, -0.05) is 12.1 Å². The first-order valence-electron chi connectivity index (χ1n) is 8.54. The Balaban J connectivity index is 0.00000196. The fraction of sp³-hybridized carbons (Fsp3) is 0.316. The average Bonchev–Trinajstić information content (AvgIpc) is 3.07. The van der Waals surface area contributed by atoms with E-state index in [9.17, 15) is 14.7 Å². The van der Waals surface area contributed by atoms with Crippen LogP contribution in [0.4, 0.5) is 5.69 Å². The third-order valence-electron chi connectivity index (χ3n) is 4.53. The number of nitrogens with zero attached hydrogens (tertiary/aromatic N) is 1. The van der Waals surface area contributed by atoms with Crippen molar-refractivity contribution in [3.63, 3.8) is 0 Å². The van der Waals surface area contributed by atoms with E-state index in [1.165, 1.54) is 0 Å². The van der Waals surface area contributed by atoms with E-state index < -0.39 is 6.10 Å². The van der Waals surface area contributed by atoms with E-state index in [0.29, 0.717) is 36.4 Å². The fourth-order valence-electron chi connectivity index (χ4n) is 2.96. The smallest absolute Gasteiger partial charge is 0.255 e. The number of aliphatic hydroxyl groups excluding tert-OH is 1. The number of benzene rings is 1. The van der Waals surface area contributed by atoms with Crippen LogP contribution in [0.1, 0.15) is 26.3 Å². The van der Waals surface area contributed by atoms with E-state index >= 15 is 0 Å². The van der Waals surface area contributed by atoms with Crippen LogP contribution in [0.15, 0.2) is 42.7 Å². The molecule has 2 atom stereocenters.